The van der Waals surface area contributed by atoms with Gasteiger partial charge in [-0.3, -0.25) is 14.2 Å². The quantitative estimate of drug-likeness (QED) is 0.797. The van der Waals surface area contributed by atoms with E-state index in [9.17, 15) is 14.4 Å². The summed E-state index contributed by atoms with van der Waals surface area (Å²) in [7, 11) is 0. The van der Waals surface area contributed by atoms with E-state index in [0.717, 1.165) is 12.8 Å². The van der Waals surface area contributed by atoms with Crippen LogP contribution in [-0.4, -0.2) is 28.1 Å². The first kappa shape index (κ1) is 16.7. The van der Waals surface area contributed by atoms with Crippen molar-refractivity contribution in [3.05, 3.63) is 45.7 Å². The Morgan fingerprint density at radius 1 is 1.26 bits per heavy atom. The Bertz CT molecular complexity index is 808. The molecule has 122 valence electrons. The zero-order valence-electron chi connectivity index (χ0n) is 13.3. The highest BCUT2D eigenvalue weighted by atomic mass is 16.4. The van der Waals surface area contributed by atoms with Crippen molar-refractivity contribution in [1.82, 2.24) is 9.88 Å². The van der Waals surface area contributed by atoms with Crippen molar-refractivity contribution in [3.8, 4) is 0 Å². The molecule has 0 saturated heterocycles. The molecular formula is C17H20N2O4. The highest BCUT2D eigenvalue weighted by molar-refractivity contribution is 5.95. The first-order chi connectivity index (χ1) is 10.9. The average molecular weight is 316 g/mol. The van der Waals surface area contributed by atoms with E-state index < -0.39 is 5.97 Å². The highest BCUT2D eigenvalue weighted by Crippen LogP contribution is 2.19. The van der Waals surface area contributed by atoms with Gasteiger partial charge >= 0.3 is 5.97 Å². The van der Waals surface area contributed by atoms with Crippen molar-refractivity contribution in [2.75, 3.05) is 6.54 Å². The molecule has 0 aliphatic rings. The molecule has 2 aromatic rings. The van der Waals surface area contributed by atoms with Crippen LogP contribution in [0.2, 0.25) is 0 Å². The summed E-state index contributed by atoms with van der Waals surface area (Å²) in [5.74, 6) is -1.25. The van der Waals surface area contributed by atoms with Crippen molar-refractivity contribution < 1.29 is 14.7 Å². The Balaban J connectivity index is 2.43. The van der Waals surface area contributed by atoms with Crippen LogP contribution in [0, 0.1) is 6.92 Å². The number of amides is 1. The van der Waals surface area contributed by atoms with Gasteiger partial charge in [0.2, 0.25) is 5.91 Å². The predicted molar refractivity (Wildman–Crippen MR) is 87.8 cm³/mol. The van der Waals surface area contributed by atoms with Gasteiger partial charge in [-0.2, -0.15) is 0 Å². The van der Waals surface area contributed by atoms with Gasteiger partial charge in [-0.1, -0.05) is 13.3 Å². The lowest BCUT2D eigenvalue weighted by atomic mass is 10.1. The second kappa shape index (κ2) is 7.09. The number of pyridine rings is 1. The van der Waals surface area contributed by atoms with E-state index in [-0.39, 0.29) is 23.6 Å². The molecule has 0 radical (unpaired) electrons. The number of carboxylic acids is 1. The number of nitrogens with zero attached hydrogens (tertiary/aromatic N) is 1. The maximum Gasteiger partial charge on any atom is 0.335 e. The second-order valence-corrected chi connectivity index (χ2v) is 5.50. The van der Waals surface area contributed by atoms with Crippen molar-refractivity contribution in [1.29, 1.82) is 0 Å². The Labute approximate surface area is 133 Å². The number of hydrogen-bond donors (Lipinski definition) is 2. The Hall–Kier alpha value is -2.63. The largest absolute Gasteiger partial charge is 0.478 e. The number of aryl methyl sites for hydroxylation is 1. The van der Waals surface area contributed by atoms with Gasteiger partial charge in [0.25, 0.3) is 5.56 Å². The Morgan fingerprint density at radius 2 is 2.00 bits per heavy atom. The fourth-order valence-electron chi connectivity index (χ4n) is 2.55. The number of hydrogen-bond acceptors (Lipinski definition) is 3. The van der Waals surface area contributed by atoms with Crippen LogP contribution < -0.4 is 10.9 Å². The molecule has 1 heterocycles. The van der Waals surface area contributed by atoms with Crippen LogP contribution >= 0.6 is 0 Å². The molecule has 0 spiro atoms. The first-order valence-electron chi connectivity index (χ1n) is 7.58. The van der Waals surface area contributed by atoms with Gasteiger partial charge in [-0.05, 0) is 42.5 Å². The monoisotopic (exact) mass is 316 g/mol. The van der Waals surface area contributed by atoms with E-state index in [0.29, 0.717) is 23.0 Å². The summed E-state index contributed by atoms with van der Waals surface area (Å²) in [4.78, 5) is 35.3. The number of nitrogens with one attached hydrogen (secondary N) is 1. The van der Waals surface area contributed by atoms with Gasteiger partial charge < -0.3 is 10.4 Å². The van der Waals surface area contributed by atoms with E-state index in [2.05, 4.69) is 5.32 Å². The zero-order valence-corrected chi connectivity index (χ0v) is 13.3. The lowest BCUT2D eigenvalue weighted by molar-refractivity contribution is -0.121. The maximum atomic E-state index is 12.1. The van der Waals surface area contributed by atoms with E-state index >= 15 is 0 Å². The summed E-state index contributed by atoms with van der Waals surface area (Å²) in [5, 5.41) is 12.5. The Morgan fingerprint density at radius 3 is 2.65 bits per heavy atom. The molecule has 0 bridgehead atoms. The van der Waals surface area contributed by atoms with E-state index in [1.807, 2.05) is 6.92 Å². The number of rotatable bonds is 6. The number of benzene rings is 1. The predicted octanol–water partition coefficient (Wildman–Crippen LogP) is 1.92. The van der Waals surface area contributed by atoms with Crippen LogP contribution in [0.15, 0.2) is 29.1 Å². The van der Waals surface area contributed by atoms with Gasteiger partial charge in [-0.25, -0.2) is 4.79 Å². The van der Waals surface area contributed by atoms with Gasteiger partial charge in [0.1, 0.15) is 6.54 Å². The third-order valence-electron chi connectivity index (χ3n) is 3.67. The zero-order chi connectivity index (χ0) is 17.0. The van der Waals surface area contributed by atoms with Crippen LogP contribution in [0.25, 0.3) is 10.9 Å². The first-order valence-corrected chi connectivity index (χ1v) is 7.58. The summed E-state index contributed by atoms with van der Waals surface area (Å²) in [6.45, 7) is 4.27. The van der Waals surface area contributed by atoms with Gasteiger partial charge in [0, 0.05) is 12.6 Å². The minimum atomic E-state index is -1.02. The third kappa shape index (κ3) is 3.77. The molecule has 2 N–H and O–H groups in total. The van der Waals surface area contributed by atoms with Crippen LogP contribution in [0.1, 0.15) is 35.7 Å². The molecule has 0 fully saturated rings. The molecule has 0 atom stereocenters. The lowest BCUT2D eigenvalue weighted by Crippen LogP contribution is -2.33. The number of carbonyl (C=O) groups is 2. The summed E-state index contributed by atoms with van der Waals surface area (Å²) in [6.07, 6.45) is 1.86. The SMILES string of the molecule is CCCCNC(=O)Cn1c(=O)ccc2cc(C(=O)O)cc(C)c21. The summed E-state index contributed by atoms with van der Waals surface area (Å²) in [6, 6.07) is 5.96. The van der Waals surface area contributed by atoms with Crippen molar-refractivity contribution >= 4 is 22.8 Å². The molecule has 0 saturated carbocycles. The third-order valence-corrected chi connectivity index (χ3v) is 3.67. The van der Waals surface area contributed by atoms with Crippen LogP contribution in [0.3, 0.4) is 0 Å². The number of fused-ring (bicyclic) bond motifs is 1. The van der Waals surface area contributed by atoms with Gasteiger partial charge in [0.15, 0.2) is 0 Å². The van der Waals surface area contributed by atoms with Gasteiger partial charge in [-0.15, -0.1) is 0 Å². The molecule has 1 aromatic carbocycles. The molecule has 23 heavy (non-hydrogen) atoms. The Kier molecular flexibility index (Phi) is 5.16. The van der Waals surface area contributed by atoms with Crippen LogP contribution in [-0.2, 0) is 11.3 Å². The summed E-state index contributed by atoms with van der Waals surface area (Å²) >= 11 is 0. The van der Waals surface area contributed by atoms with E-state index in [1.165, 1.54) is 22.8 Å². The second-order valence-electron chi connectivity index (χ2n) is 5.50. The molecule has 2 rings (SSSR count). The fraction of sp³-hybridized carbons (Fsp3) is 0.353. The molecule has 6 heteroatoms. The van der Waals surface area contributed by atoms with Gasteiger partial charge in [0.05, 0.1) is 11.1 Å². The lowest BCUT2D eigenvalue weighted by Gasteiger charge is -2.13. The number of carbonyl (C=O) groups excluding carboxylic acids is 1. The van der Waals surface area contributed by atoms with Crippen molar-refractivity contribution in [2.24, 2.45) is 0 Å². The molecule has 0 unspecified atom stereocenters. The minimum Gasteiger partial charge on any atom is -0.478 e. The molecule has 1 amide bonds. The number of carboxylic acid groups (broad SMARTS) is 1. The topological polar surface area (TPSA) is 88.4 Å². The van der Waals surface area contributed by atoms with E-state index in [4.69, 9.17) is 5.11 Å². The highest BCUT2D eigenvalue weighted by Gasteiger charge is 2.13. The number of aromatic carboxylic acids is 1. The van der Waals surface area contributed by atoms with Crippen molar-refractivity contribution in [3.63, 3.8) is 0 Å². The molecule has 6 nitrogen and oxygen atoms in total. The normalized spacial score (nSPS) is 10.7. The fourth-order valence-corrected chi connectivity index (χ4v) is 2.55. The molecule has 0 aliphatic heterocycles. The van der Waals surface area contributed by atoms with Crippen LogP contribution in [0.5, 0.6) is 0 Å². The average Bonchev–Trinajstić information content (AvgIpc) is 2.50. The number of aromatic nitrogens is 1. The molecule has 0 aliphatic carbocycles. The van der Waals surface area contributed by atoms with Crippen molar-refractivity contribution in [2.45, 2.75) is 33.2 Å². The maximum absolute atomic E-state index is 12.1. The van der Waals surface area contributed by atoms with E-state index in [1.54, 1.807) is 13.0 Å². The minimum absolute atomic E-state index is 0.0762. The summed E-state index contributed by atoms with van der Waals surface area (Å²) in [5.41, 5.74) is 1.12. The van der Waals surface area contributed by atoms with Crippen LogP contribution in [0.4, 0.5) is 0 Å². The molecule has 1 aromatic heterocycles. The number of unbranched alkanes of at least 4 members (excludes halogenated alkanes) is 1. The standard InChI is InChI=1S/C17H20N2O4/c1-3-4-7-18-14(20)10-19-15(21)6-5-12-9-13(17(22)23)8-11(2)16(12)19/h5-6,8-9H,3-4,7,10H2,1-2H3,(H,18,20)(H,22,23). The smallest absolute Gasteiger partial charge is 0.335 e. The molecular weight excluding hydrogens is 296 g/mol. The summed E-state index contributed by atoms with van der Waals surface area (Å²) < 4.78 is 1.39.